The molecule has 0 saturated carbocycles. The summed E-state index contributed by atoms with van der Waals surface area (Å²) in [6.45, 7) is 2.49. The summed E-state index contributed by atoms with van der Waals surface area (Å²) in [4.78, 5) is 0. The first-order valence-corrected chi connectivity index (χ1v) is 5.49. The second-order valence-electron chi connectivity index (χ2n) is 4.39. The van der Waals surface area contributed by atoms with Crippen LogP contribution in [0.2, 0.25) is 0 Å². The molecule has 1 heteroatoms. The Kier molecular flexibility index (Phi) is 2.87. The molecule has 0 saturated heterocycles. The van der Waals surface area contributed by atoms with E-state index in [1.807, 2.05) is 0 Å². The first-order valence-electron chi connectivity index (χ1n) is 5.49. The Labute approximate surface area is 85.8 Å². The van der Waals surface area contributed by atoms with E-state index < -0.39 is 0 Å². The predicted octanol–water partition coefficient (Wildman–Crippen LogP) is 2.48. The van der Waals surface area contributed by atoms with Crippen LogP contribution in [0.25, 0.3) is 0 Å². The lowest BCUT2D eigenvalue weighted by Gasteiger charge is -2.24. The number of hydrogen-bond donors (Lipinski definition) is 1. The van der Waals surface area contributed by atoms with Crippen LogP contribution in [-0.4, -0.2) is 11.7 Å². The number of aryl methyl sites for hydroxylation is 2. The summed E-state index contributed by atoms with van der Waals surface area (Å²) in [6, 6.07) is 6.76. The van der Waals surface area contributed by atoms with Crippen LogP contribution in [0, 0.1) is 12.8 Å². The van der Waals surface area contributed by atoms with E-state index in [0.29, 0.717) is 12.5 Å². The van der Waals surface area contributed by atoms with Gasteiger partial charge in [-0.1, -0.05) is 23.8 Å². The molecule has 1 aromatic carbocycles. The van der Waals surface area contributed by atoms with Crippen LogP contribution < -0.4 is 0 Å². The second kappa shape index (κ2) is 4.14. The molecule has 0 aromatic heterocycles. The minimum Gasteiger partial charge on any atom is -0.396 e. The van der Waals surface area contributed by atoms with E-state index in [1.165, 1.54) is 29.5 Å². The molecule has 0 amide bonds. The molecular formula is C13H18O. The number of benzene rings is 1. The van der Waals surface area contributed by atoms with Crippen molar-refractivity contribution in [3.63, 3.8) is 0 Å². The molecule has 0 spiro atoms. The third-order valence-electron chi connectivity index (χ3n) is 3.23. The molecule has 0 bridgehead atoms. The monoisotopic (exact) mass is 190 g/mol. The normalized spacial score (nSPS) is 20.6. The van der Waals surface area contributed by atoms with Crippen molar-refractivity contribution in [3.8, 4) is 0 Å². The fourth-order valence-electron chi connectivity index (χ4n) is 2.39. The highest BCUT2D eigenvalue weighted by molar-refractivity contribution is 5.33. The van der Waals surface area contributed by atoms with Crippen molar-refractivity contribution in [2.24, 2.45) is 5.92 Å². The number of hydrogen-bond acceptors (Lipinski definition) is 1. The van der Waals surface area contributed by atoms with Crippen LogP contribution in [0.5, 0.6) is 0 Å². The van der Waals surface area contributed by atoms with Gasteiger partial charge < -0.3 is 5.11 Å². The smallest absolute Gasteiger partial charge is 0.0433 e. The van der Waals surface area contributed by atoms with Crippen molar-refractivity contribution in [2.75, 3.05) is 6.61 Å². The Balaban J connectivity index is 2.15. The summed E-state index contributed by atoms with van der Waals surface area (Å²) in [5.74, 6) is 0.704. The Morgan fingerprint density at radius 1 is 1.36 bits per heavy atom. The van der Waals surface area contributed by atoms with E-state index in [2.05, 4.69) is 25.1 Å². The molecule has 1 N–H and O–H groups in total. The van der Waals surface area contributed by atoms with Gasteiger partial charge in [-0.25, -0.2) is 0 Å². The zero-order valence-corrected chi connectivity index (χ0v) is 8.79. The minimum atomic E-state index is 0.339. The first kappa shape index (κ1) is 9.72. The zero-order valence-electron chi connectivity index (χ0n) is 8.79. The molecule has 1 atom stereocenters. The fraction of sp³-hybridized carbons (Fsp3) is 0.538. The summed E-state index contributed by atoms with van der Waals surface area (Å²) in [6.07, 6.45) is 4.57. The SMILES string of the molecule is Cc1ccc2c(c1)CCC(CCO)C2. The third kappa shape index (κ3) is 1.98. The molecule has 1 nitrogen and oxygen atoms in total. The maximum Gasteiger partial charge on any atom is 0.0433 e. The quantitative estimate of drug-likeness (QED) is 0.759. The van der Waals surface area contributed by atoms with E-state index in [0.717, 1.165) is 12.8 Å². The maximum absolute atomic E-state index is 8.91. The highest BCUT2D eigenvalue weighted by atomic mass is 16.3. The summed E-state index contributed by atoms with van der Waals surface area (Å²) in [7, 11) is 0. The average molecular weight is 190 g/mol. The van der Waals surface area contributed by atoms with Crippen LogP contribution in [-0.2, 0) is 12.8 Å². The lowest BCUT2D eigenvalue weighted by molar-refractivity contribution is 0.248. The van der Waals surface area contributed by atoms with Gasteiger partial charge in [-0.05, 0) is 49.7 Å². The minimum absolute atomic E-state index is 0.339. The van der Waals surface area contributed by atoms with Gasteiger partial charge in [0.15, 0.2) is 0 Å². The molecule has 14 heavy (non-hydrogen) atoms. The van der Waals surface area contributed by atoms with Crippen LogP contribution in [0.4, 0.5) is 0 Å². The molecular weight excluding hydrogens is 172 g/mol. The van der Waals surface area contributed by atoms with E-state index in [1.54, 1.807) is 0 Å². The van der Waals surface area contributed by atoms with Gasteiger partial charge in [0.25, 0.3) is 0 Å². The van der Waals surface area contributed by atoms with E-state index >= 15 is 0 Å². The second-order valence-corrected chi connectivity index (χ2v) is 4.39. The third-order valence-corrected chi connectivity index (χ3v) is 3.23. The first-order chi connectivity index (χ1) is 6.79. The summed E-state index contributed by atoms with van der Waals surface area (Å²) in [5, 5.41) is 8.91. The van der Waals surface area contributed by atoms with Gasteiger partial charge >= 0.3 is 0 Å². The van der Waals surface area contributed by atoms with Crippen molar-refractivity contribution in [1.29, 1.82) is 0 Å². The molecule has 0 fully saturated rings. The van der Waals surface area contributed by atoms with Crippen molar-refractivity contribution in [3.05, 3.63) is 34.9 Å². The lowest BCUT2D eigenvalue weighted by atomic mass is 9.82. The highest BCUT2D eigenvalue weighted by Gasteiger charge is 2.17. The maximum atomic E-state index is 8.91. The number of aliphatic hydroxyl groups excluding tert-OH is 1. The molecule has 76 valence electrons. The number of rotatable bonds is 2. The van der Waals surface area contributed by atoms with Crippen LogP contribution >= 0.6 is 0 Å². The van der Waals surface area contributed by atoms with Gasteiger partial charge in [0.1, 0.15) is 0 Å². The van der Waals surface area contributed by atoms with Crippen molar-refractivity contribution < 1.29 is 5.11 Å². The summed E-state index contributed by atoms with van der Waals surface area (Å²) >= 11 is 0. The number of aliphatic hydroxyl groups is 1. The van der Waals surface area contributed by atoms with Gasteiger partial charge in [-0.15, -0.1) is 0 Å². The molecule has 0 heterocycles. The molecule has 1 unspecified atom stereocenters. The van der Waals surface area contributed by atoms with E-state index in [4.69, 9.17) is 5.11 Å². The van der Waals surface area contributed by atoms with Gasteiger partial charge in [0.2, 0.25) is 0 Å². The zero-order chi connectivity index (χ0) is 9.97. The van der Waals surface area contributed by atoms with Gasteiger partial charge in [0, 0.05) is 6.61 Å². The van der Waals surface area contributed by atoms with Gasteiger partial charge in [-0.2, -0.15) is 0 Å². The lowest BCUT2D eigenvalue weighted by Crippen LogP contribution is -2.15. The van der Waals surface area contributed by atoms with E-state index in [9.17, 15) is 0 Å². The summed E-state index contributed by atoms with van der Waals surface area (Å²) in [5.41, 5.74) is 4.39. The van der Waals surface area contributed by atoms with Crippen molar-refractivity contribution in [2.45, 2.75) is 32.6 Å². The van der Waals surface area contributed by atoms with Crippen molar-refractivity contribution in [1.82, 2.24) is 0 Å². The average Bonchev–Trinajstić information content (AvgIpc) is 2.19. The van der Waals surface area contributed by atoms with Crippen LogP contribution in [0.3, 0.4) is 0 Å². The predicted molar refractivity (Wildman–Crippen MR) is 58.4 cm³/mol. The van der Waals surface area contributed by atoms with E-state index in [-0.39, 0.29) is 0 Å². The molecule has 0 radical (unpaired) electrons. The molecule has 1 aliphatic carbocycles. The Hall–Kier alpha value is -0.820. The van der Waals surface area contributed by atoms with Crippen molar-refractivity contribution >= 4 is 0 Å². The molecule has 2 rings (SSSR count). The highest BCUT2D eigenvalue weighted by Crippen LogP contribution is 2.27. The molecule has 1 aromatic rings. The Morgan fingerprint density at radius 3 is 3.00 bits per heavy atom. The topological polar surface area (TPSA) is 20.2 Å². The molecule has 0 aliphatic heterocycles. The fourth-order valence-corrected chi connectivity index (χ4v) is 2.39. The van der Waals surface area contributed by atoms with Crippen LogP contribution in [0.1, 0.15) is 29.5 Å². The van der Waals surface area contributed by atoms with Gasteiger partial charge in [-0.3, -0.25) is 0 Å². The largest absolute Gasteiger partial charge is 0.396 e. The summed E-state index contributed by atoms with van der Waals surface area (Å²) < 4.78 is 0. The number of fused-ring (bicyclic) bond motifs is 1. The van der Waals surface area contributed by atoms with Gasteiger partial charge in [0.05, 0.1) is 0 Å². The Morgan fingerprint density at radius 2 is 2.21 bits per heavy atom. The van der Waals surface area contributed by atoms with Crippen LogP contribution in [0.15, 0.2) is 18.2 Å². The standard InChI is InChI=1S/C13H18O/c1-10-2-4-13-9-11(6-7-14)3-5-12(13)8-10/h2,4,8,11,14H,3,5-7,9H2,1H3. The molecule has 1 aliphatic rings. The Bertz CT molecular complexity index is 317.